The molecule has 9 nitrogen and oxygen atoms in total. The van der Waals surface area contributed by atoms with Gasteiger partial charge in [0.05, 0.1) is 0 Å². The minimum atomic E-state index is -1.16. The van der Waals surface area contributed by atoms with Crippen molar-refractivity contribution >= 4 is 23.9 Å². The van der Waals surface area contributed by atoms with Crippen LogP contribution >= 0.6 is 0 Å². The fraction of sp³-hybridized carbons (Fsp3) is 0.907. The quantitative estimate of drug-likeness (QED) is 0.0359. The summed E-state index contributed by atoms with van der Waals surface area (Å²) in [5, 5.41) is 8.94. The van der Waals surface area contributed by atoms with Crippen LogP contribution in [0.2, 0.25) is 0 Å². The average molecular weight is 741 g/mol. The van der Waals surface area contributed by atoms with Crippen molar-refractivity contribution in [2.45, 2.75) is 238 Å². The zero-order chi connectivity index (χ0) is 38.3. The first-order valence-electron chi connectivity index (χ1n) is 21.9. The number of hydrogen-bond acceptors (Lipinski definition) is 7. The summed E-state index contributed by atoms with van der Waals surface area (Å²) in [6, 6.07) is -1.08. The first-order chi connectivity index (χ1) is 25.3. The molecule has 0 amide bonds. The van der Waals surface area contributed by atoms with Crippen LogP contribution in [0.5, 0.6) is 0 Å². The molecule has 0 aliphatic carbocycles. The molecule has 0 saturated heterocycles. The van der Waals surface area contributed by atoms with Crippen molar-refractivity contribution in [2.75, 3.05) is 13.2 Å². The van der Waals surface area contributed by atoms with Crippen molar-refractivity contribution < 1.29 is 44.2 Å². The smallest absolute Gasteiger partial charge is 0.365 e. The minimum Gasteiger partial charge on any atom is -0.481 e. The maximum atomic E-state index is 12.6. The maximum absolute atomic E-state index is 12.6. The number of esters is 3. The first-order valence-corrected chi connectivity index (χ1v) is 21.9. The molecule has 2 unspecified atom stereocenters. The third kappa shape index (κ3) is 36.2. The Morgan fingerprint density at radius 2 is 0.769 bits per heavy atom. The van der Waals surface area contributed by atoms with Gasteiger partial charge in [0.15, 0.2) is 12.1 Å². The molecule has 0 rings (SSSR count). The molecule has 0 fully saturated rings. The van der Waals surface area contributed by atoms with Crippen LogP contribution in [-0.4, -0.2) is 54.3 Å². The lowest BCUT2D eigenvalue weighted by Gasteiger charge is -2.18. The van der Waals surface area contributed by atoms with Crippen molar-refractivity contribution in [1.82, 2.24) is 0 Å². The van der Waals surface area contributed by atoms with Gasteiger partial charge in [-0.3, -0.25) is 14.4 Å². The van der Waals surface area contributed by atoms with Gasteiger partial charge in [-0.05, 0) is 12.8 Å². The number of quaternary nitrogens is 1. The van der Waals surface area contributed by atoms with E-state index in [1.165, 1.54) is 154 Å². The van der Waals surface area contributed by atoms with Gasteiger partial charge in [-0.2, -0.15) is 0 Å². The number of hydrogen-bond donors (Lipinski definition) is 2. The number of unbranched alkanes of at least 4 members (excludes halogenated alkanes) is 28. The Bertz CT molecular complexity index is 851. The summed E-state index contributed by atoms with van der Waals surface area (Å²) < 4.78 is 16.1. The Kier molecular flexibility index (Phi) is 37.0. The van der Waals surface area contributed by atoms with E-state index in [-0.39, 0.29) is 32.0 Å². The number of ether oxygens (including phenoxy) is 3. The van der Waals surface area contributed by atoms with Crippen molar-refractivity contribution in [2.24, 2.45) is 0 Å². The zero-order valence-corrected chi connectivity index (χ0v) is 33.9. The predicted molar refractivity (Wildman–Crippen MR) is 210 cm³/mol. The third-order valence-corrected chi connectivity index (χ3v) is 9.86. The number of rotatable bonds is 40. The summed E-state index contributed by atoms with van der Waals surface area (Å²) >= 11 is 0. The standard InChI is InChI=1S/C43H81NO8/c1-3-5-7-9-11-13-15-17-19-21-23-25-27-29-31-33-41(47)50-36-38(37-51-43(49)39(44)35-40(45)46)52-42(48)34-32-30-28-26-24-22-20-18-16-14-12-10-8-6-4-2/h38-39H,3-37,44H2,1-2H3,(H,45,46)/p+1. The van der Waals surface area contributed by atoms with Gasteiger partial charge in [0.25, 0.3) is 0 Å². The molecule has 0 saturated carbocycles. The Labute approximate surface area is 318 Å². The van der Waals surface area contributed by atoms with E-state index < -0.39 is 36.5 Å². The van der Waals surface area contributed by atoms with Crippen LogP contribution < -0.4 is 5.73 Å². The van der Waals surface area contributed by atoms with E-state index in [4.69, 9.17) is 19.3 Å². The molecule has 0 spiro atoms. The Morgan fingerprint density at radius 3 is 1.12 bits per heavy atom. The highest BCUT2D eigenvalue weighted by Gasteiger charge is 2.25. The second-order valence-corrected chi connectivity index (χ2v) is 15.1. The van der Waals surface area contributed by atoms with E-state index in [1.807, 2.05) is 0 Å². The summed E-state index contributed by atoms with van der Waals surface area (Å²) in [4.78, 5) is 48.1. The van der Waals surface area contributed by atoms with Crippen molar-refractivity contribution in [3.63, 3.8) is 0 Å². The van der Waals surface area contributed by atoms with Gasteiger partial charge in [-0.15, -0.1) is 0 Å². The van der Waals surface area contributed by atoms with Gasteiger partial charge < -0.3 is 25.1 Å². The van der Waals surface area contributed by atoms with Crippen LogP contribution in [0.1, 0.15) is 226 Å². The molecule has 0 radical (unpaired) electrons. The SMILES string of the molecule is CCCCCCCCCCCCCCCCCC(=O)OCC(COC(=O)C([NH3+])CC(=O)O)OC(=O)CCCCCCCCCCCCCCCCC. The maximum Gasteiger partial charge on any atom is 0.365 e. The lowest BCUT2D eigenvalue weighted by atomic mass is 10.0. The lowest BCUT2D eigenvalue weighted by Crippen LogP contribution is -2.66. The van der Waals surface area contributed by atoms with E-state index in [1.54, 1.807) is 0 Å². The molecule has 0 aromatic carbocycles. The molecule has 4 N–H and O–H groups in total. The second kappa shape index (κ2) is 38.6. The summed E-state index contributed by atoms with van der Waals surface area (Å²) in [6.45, 7) is 3.98. The average Bonchev–Trinajstić information content (AvgIpc) is 3.12. The van der Waals surface area contributed by atoms with Crippen molar-refractivity contribution in [3.05, 3.63) is 0 Å². The number of carboxylic acids is 1. The third-order valence-electron chi connectivity index (χ3n) is 9.86. The first kappa shape index (κ1) is 49.8. The molecule has 0 aliphatic heterocycles. The van der Waals surface area contributed by atoms with Gasteiger partial charge in [0.2, 0.25) is 0 Å². The Morgan fingerprint density at radius 1 is 0.462 bits per heavy atom. The van der Waals surface area contributed by atoms with E-state index in [0.717, 1.165) is 32.1 Å². The van der Waals surface area contributed by atoms with Crippen LogP contribution in [0.25, 0.3) is 0 Å². The minimum absolute atomic E-state index is 0.212. The highest BCUT2D eigenvalue weighted by molar-refractivity contribution is 5.80. The van der Waals surface area contributed by atoms with E-state index >= 15 is 0 Å². The summed E-state index contributed by atoms with van der Waals surface area (Å²) in [5.41, 5.74) is 3.54. The van der Waals surface area contributed by atoms with E-state index in [9.17, 15) is 19.2 Å². The predicted octanol–water partition coefficient (Wildman–Crippen LogP) is 10.6. The molecular formula is C43H82NO8+. The van der Waals surface area contributed by atoms with Gasteiger partial charge in [0.1, 0.15) is 19.6 Å². The van der Waals surface area contributed by atoms with Crippen LogP contribution in [-0.2, 0) is 33.4 Å². The number of carbonyl (C=O) groups is 4. The Hall–Kier alpha value is -2.16. The molecular weight excluding hydrogens is 658 g/mol. The van der Waals surface area contributed by atoms with E-state index in [0.29, 0.717) is 6.42 Å². The second-order valence-electron chi connectivity index (χ2n) is 15.1. The number of carbonyl (C=O) groups excluding carboxylic acids is 3. The molecule has 0 aromatic rings. The molecule has 2 atom stereocenters. The number of aliphatic carboxylic acids is 1. The summed E-state index contributed by atoms with van der Waals surface area (Å²) in [7, 11) is 0. The zero-order valence-electron chi connectivity index (χ0n) is 33.9. The van der Waals surface area contributed by atoms with Gasteiger partial charge in [-0.25, -0.2) is 4.79 Å². The molecule has 306 valence electrons. The van der Waals surface area contributed by atoms with Crippen molar-refractivity contribution in [1.29, 1.82) is 0 Å². The highest BCUT2D eigenvalue weighted by Crippen LogP contribution is 2.16. The molecule has 52 heavy (non-hydrogen) atoms. The topological polar surface area (TPSA) is 144 Å². The van der Waals surface area contributed by atoms with Crippen LogP contribution in [0.15, 0.2) is 0 Å². The largest absolute Gasteiger partial charge is 0.481 e. The normalized spacial score (nSPS) is 12.4. The van der Waals surface area contributed by atoms with Crippen LogP contribution in [0.3, 0.4) is 0 Å². The fourth-order valence-corrected chi connectivity index (χ4v) is 6.49. The Balaban J connectivity index is 4.17. The van der Waals surface area contributed by atoms with E-state index in [2.05, 4.69) is 19.6 Å². The molecule has 0 aliphatic rings. The molecule has 0 heterocycles. The fourth-order valence-electron chi connectivity index (χ4n) is 6.49. The summed E-state index contributed by atoms with van der Waals surface area (Å²) in [5.74, 6) is -2.75. The number of carboxylic acid groups (broad SMARTS) is 1. The van der Waals surface area contributed by atoms with Gasteiger partial charge in [-0.1, -0.05) is 194 Å². The monoisotopic (exact) mass is 741 g/mol. The lowest BCUT2D eigenvalue weighted by molar-refractivity contribution is -0.408. The molecule has 0 aromatic heterocycles. The van der Waals surface area contributed by atoms with Crippen molar-refractivity contribution in [3.8, 4) is 0 Å². The van der Waals surface area contributed by atoms with Crippen LogP contribution in [0, 0.1) is 0 Å². The van der Waals surface area contributed by atoms with Crippen LogP contribution in [0.4, 0.5) is 0 Å². The highest BCUT2D eigenvalue weighted by atomic mass is 16.6. The van der Waals surface area contributed by atoms with Gasteiger partial charge in [0, 0.05) is 12.8 Å². The summed E-state index contributed by atoms with van der Waals surface area (Å²) in [6.07, 6.45) is 36.4. The molecule has 0 bridgehead atoms. The van der Waals surface area contributed by atoms with Gasteiger partial charge >= 0.3 is 23.9 Å². The molecule has 9 heteroatoms.